The molecule has 0 aliphatic carbocycles. The fourth-order valence-corrected chi connectivity index (χ4v) is 4.17. The van der Waals surface area contributed by atoms with E-state index in [4.69, 9.17) is 32.4 Å². The molecule has 1 N–H and O–H groups in total. The van der Waals surface area contributed by atoms with Gasteiger partial charge in [0.05, 0.1) is 16.3 Å². The van der Waals surface area contributed by atoms with Crippen LogP contribution >= 0.6 is 46.3 Å². The Balaban J connectivity index is 1.64. The van der Waals surface area contributed by atoms with E-state index in [0.29, 0.717) is 26.0 Å². The monoisotopic (exact) mass is 471 g/mol. The molecule has 29 heavy (non-hydrogen) atoms. The van der Waals surface area contributed by atoms with Crippen LogP contribution in [-0.4, -0.2) is 22.1 Å². The van der Waals surface area contributed by atoms with Crippen LogP contribution in [-0.2, 0) is 10.5 Å². The van der Waals surface area contributed by atoms with Gasteiger partial charge in [-0.25, -0.2) is 4.79 Å². The number of carbonyl (C=O) groups is 2. The first-order chi connectivity index (χ1) is 13.8. The molecule has 0 unspecified atom stereocenters. The fourth-order valence-electron chi connectivity index (χ4n) is 2.00. The molecule has 0 fully saturated rings. The number of ether oxygens (including phenoxy) is 1. The van der Waals surface area contributed by atoms with Crippen molar-refractivity contribution in [3.63, 3.8) is 0 Å². The summed E-state index contributed by atoms with van der Waals surface area (Å²) < 4.78 is 11.0. The molecule has 0 saturated carbocycles. The zero-order valence-electron chi connectivity index (χ0n) is 14.6. The number of thioether (sulfide) groups is 1. The van der Waals surface area contributed by atoms with Crippen molar-refractivity contribution in [2.45, 2.75) is 17.0 Å². The summed E-state index contributed by atoms with van der Waals surface area (Å²) in [6.07, 6.45) is 1.06. The lowest BCUT2D eigenvalue weighted by Gasteiger charge is -2.06. The van der Waals surface area contributed by atoms with E-state index < -0.39 is 11.4 Å². The second-order valence-corrected chi connectivity index (χ2v) is 8.48. The van der Waals surface area contributed by atoms with Gasteiger partial charge in [0.15, 0.2) is 4.34 Å². The molecule has 0 bridgehead atoms. The Hall–Kier alpha value is -2.40. The molecule has 0 aliphatic rings. The summed E-state index contributed by atoms with van der Waals surface area (Å²) in [6, 6.07) is 5.50. The van der Waals surface area contributed by atoms with E-state index in [2.05, 4.69) is 15.5 Å². The summed E-state index contributed by atoms with van der Waals surface area (Å²) in [5.74, 6) is -0.672. The molecular formula is C17H11Cl2N3O5S2. The molecule has 3 rings (SSSR count). The fraction of sp³-hybridized carbons (Fsp3) is 0.118. The van der Waals surface area contributed by atoms with Crippen LogP contribution in [0.1, 0.15) is 23.0 Å². The van der Waals surface area contributed by atoms with Gasteiger partial charge < -0.3 is 14.5 Å². The summed E-state index contributed by atoms with van der Waals surface area (Å²) in [5.41, 5.74) is -0.456. The second kappa shape index (κ2) is 9.40. The lowest BCUT2D eigenvalue weighted by molar-refractivity contribution is -0.114. The average Bonchev–Trinajstić information content (AvgIpc) is 3.08. The highest BCUT2D eigenvalue weighted by Crippen LogP contribution is 2.28. The predicted octanol–water partition coefficient (Wildman–Crippen LogP) is 4.27. The van der Waals surface area contributed by atoms with Crippen molar-refractivity contribution in [2.75, 3.05) is 5.32 Å². The van der Waals surface area contributed by atoms with E-state index in [1.54, 1.807) is 0 Å². The van der Waals surface area contributed by atoms with E-state index in [1.807, 2.05) is 0 Å². The Morgan fingerprint density at radius 3 is 2.76 bits per heavy atom. The smallest absolute Gasteiger partial charge is 0.345 e. The maximum Gasteiger partial charge on any atom is 0.345 e. The number of benzene rings is 1. The largest absolute Gasteiger partial charge is 0.464 e. The number of rotatable bonds is 6. The van der Waals surface area contributed by atoms with Gasteiger partial charge in [-0.1, -0.05) is 46.3 Å². The minimum absolute atomic E-state index is 0.0707. The molecule has 0 aliphatic heterocycles. The third kappa shape index (κ3) is 5.80. The van der Waals surface area contributed by atoms with Gasteiger partial charge in [0.2, 0.25) is 22.2 Å². The maximum atomic E-state index is 12.2. The van der Waals surface area contributed by atoms with Gasteiger partial charge in [-0.3, -0.25) is 9.59 Å². The normalized spacial score (nSPS) is 10.6. The van der Waals surface area contributed by atoms with Gasteiger partial charge in [-0.05, 0) is 18.2 Å². The van der Waals surface area contributed by atoms with Crippen molar-refractivity contribution in [3.05, 3.63) is 62.1 Å². The molecular weight excluding hydrogens is 461 g/mol. The third-order valence-electron chi connectivity index (χ3n) is 3.23. The zero-order valence-corrected chi connectivity index (χ0v) is 17.7. The summed E-state index contributed by atoms with van der Waals surface area (Å²) in [4.78, 5) is 35.4. The summed E-state index contributed by atoms with van der Waals surface area (Å²) in [5, 5.41) is 11.1. The summed E-state index contributed by atoms with van der Waals surface area (Å²) >= 11 is 14.2. The predicted molar refractivity (Wildman–Crippen MR) is 110 cm³/mol. The van der Waals surface area contributed by atoms with Crippen molar-refractivity contribution < 1.29 is 18.7 Å². The van der Waals surface area contributed by atoms with Gasteiger partial charge in [0.1, 0.15) is 12.0 Å². The number of hydrogen-bond acceptors (Lipinski definition) is 9. The van der Waals surface area contributed by atoms with E-state index >= 15 is 0 Å². The molecule has 150 valence electrons. The van der Waals surface area contributed by atoms with Crippen LogP contribution < -0.4 is 15.5 Å². The molecule has 12 heteroatoms. The van der Waals surface area contributed by atoms with Crippen LogP contribution in [0, 0.1) is 0 Å². The number of nitrogens with zero attached hydrogens (tertiary/aromatic N) is 2. The van der Waals surface area contributed by atoms with Gasteiger partial charge in [-0.2, -0.15) is 0 Å². The molecule has 2 aromatic heterocycles. The van der Waals surface area contributed by atoms with E-state index in [-0.39, 0.29) is 22.2 Å². The number of esters is 1. The van der Waals surface area contributed by atoms with Crippen LogP contribution in [0.3, 0.4) is 0 Å². The number of amides is 1. The van der Waals surface area contributed by atoms with Gasteiger partial charge in [0.25, 0.3) is 0 Å². The number of anilines is 1. The van der Waals surface area contributed by atoms with Crippen LogP contribution in [0.4, 0.5) is 5.13 Å². The first kappa shape index (κ1) is 21.3. The number of halogens is 2. The minimum Gasteiger partial charge on any atom is -0.464 e. The molecule has 0 atom stereocenters. The van der Waals surface area contributed by atoms with Gasteiger partial charge in [-0.15, -0.1) is 10.2 Å². The topological polar surface area (TPSA) is 111 Å². The highest BCUT2D eigenvalue weighted by Gasteiger charge is 2.16. The summed E-state index contributed by atoms with van der Waals surface area (Å²) in [7, 11) is 0. The van der Waals surface area contributed by atoms with Crippen molar-refractivity contribution >= 4 is 63.3 Å². The number of aromatic nitrogens is 2. The standard InChI is InChI=1S/C17H11Cl2N3O5S2/c1-8(23)20-16-21-22-17(29-16)28-7-10-5-13(24)14(6-26-10)27-15(25)11-3-2-9(18)4-12(11)19/h2-6H,7H2,1H3,(H,20,21,23). The first-order valence-corrected chi connectivity index (χ1v) is 10.4. The molecule has 0 saturated heterocycles. The molecule has 2 heterocycles. The van der Waals surface area contributed by atoms with Crippen LogP contribution in [0.5, 0.6) is 5.75 Å². The average molecular weight is 472 g/mol. The first-order valence-electron chi connectivity index (χ1n) is 7.84. The van der Waals surface area contributed by atoms with Crippen LogP contribution in [0.25, 0.3) is 0 Å². The molecule has 1 aromatic carbocycles. The molecule has 3 aromatic rings. The Bertz CT molecular complexity index is 1130. The molecule has 0 radical (unpaired) electrons. The highest BCUT2D eigenvalue weighted by atomic mass is 35.5. The lowest BCUT2D eigenvalue weighted by atomic mass is 10.2. The Labute approximate surface area is 182 Å². The van der Waals surface area contributed by atoms with Crippen molar-refractivity contribution in [1.82, 2.24) is 10.2 Å². The van der Waals surface area contributed by atoms with Gasteiger partial charge >= 0.3 is 5.97 Å². The van der Waals surface area contributed by atoms with E-state index in [0.717, 1.165) is 6.26 Å². The Morgan fingerprint density at radius 1 is 1.28 bits per heavy atom. The third-order valence-corrected chi connectivity index (χ3v) is 5.78. The number of nitrogens with one attached hydrogen (secondary N) is 1. The van der Waals surface area contributed by atoms with Gasteiger partial charge in [0, 0.05) is 18.0 Å². The quantitative estimate of drug-likeness (QED) is 0.322. The van der Waals surface area contributed by atoms with Crippen molar-refractivity contribution in [2.24, 2.45) is 0 Å². The highest BCUT2D eigenvalue weighted by molar-refractivity contribution is 8.00. The molecule has 1 amide bonds. The lowest BCUT2D eigenvalue weighted by Crippen LogP contribution is -2.15. The number of carbonyl (C=O) groups excluding carboxylic acids is 2. The Kier molecular flexibility index (Phi) is 6.91. The molecule has 0 spiro atoms. The van der Waals surface area contributed by atoms with Crippen LogP contribution in [0.15, 0.2) is 44.1 Å². The maximum absolute atomic E-state index is 12.2. The molecule has 8 nitrogen and oxygen atoms in total. The summed E-state index contributed by atoms with van der Waals surface area (Å²) in [6.45, 7) is 1.37. The Morgan fingerprint density at radius 2 is 2.07 bits per heavy atom. The zero-order chi connectivity index (χ0) is 21.0. The van der Waals surface area contributed by atoms with Crippen molar-refractivity contribution in [3.8, 4) is 5.75 Å². The van der Waals surface area contributed by atoms with E-state index in [1.165, 1.54) is 54.3 Å². The van der Waals surface area contributed by atoms with Crippen molar-refractivity contribution in [1.29, 1.82) is 0 Å². The van der Waals surface area contributed by atoms with E-state index in [9.17, 15) is 14.4 Å². The second-order valence-electron chi connectivity index (χ2n) is 5.43. The SMILES string of the molecule is CC(=O)Nc1nnc(SCc2cc(=O)c(OC(=O)c3ccc(Cl)cc3Cl)co2)s1. The van der Waals surface area contributed by atoms with Crippen LogP contribution in [0.2, 0.25) is 10.0 Å². The minimum atomic E-state index is -0.805. The number of hydrogen-bond donors (Lipinski definition) is 1.